The third-order valence-corrected chi connectivity index (χ3v) is 16.6. The lowest BCUT2D eigenvalue weighted by molar-refractivity contribution is 0.590. The number of rotatable bonds is 1. The molecule has 8 aromatic carbocycles. The van der Waals surface area contributed by atoms with E-state index >= 15 is 0 Å². The molecule has 3 aliphatic rings. The Morgan fingerprint density at radius 2 is 1.17 bits per heavy atom. The van der Waals surface area contributed by atoms with Gasteiger partial charge < -0.3 is 9.38 Å². The molecule has 11 aromatic rings. The Balaban J connectivity index is 1.16. The van der Waals surface area contributed by atoms with Gasteiger partial charge in [0.1, 0.15) is 0 Å². The molecule has 60 heavy (non-hydrogen) atoms. The van der Waals surface area contributed by atoms with E-state index in [1.807, 2.05) is 22.7 Å². The number of hydrogen-bond donors (Lipinski definition) is 0. The molecule has 0 fully saturated rings. The molecule has 0 amide bonds. The summed E-state index contributed by atoms with van der Waals surface area (Å²) in [4.78, 5) is 2.70. The van der Waals surface area contributed by atoms with Crippen LogP contribution >= 0.6 is 22.7 Å². The number of thiophene rings is 2. The zero-order valence-electron chi connectivity index (χ0n) is 34.1. The van der Waals surface area contributed by atoms with E-state index in [0.29, 0.717) is 0 Å². The molecule has 0 unspecified atom stereocenters. The highest BCUT2D eigenvalue weighted by Crippen LogP contribution is 2.53. The van der Waals surface area contributed by atoms with Crippen molar-refractivity contribution >= 4 is 114 Å². The van der Waals surface area contributed by atoms with Gasteiger partial charge in [0.05, 0.1) is 11.0 Å². The van der Waals surface area contributed by atoms with Crippen LogP contribution in [0.5, 0.6) is 0 Å². The van der Waals surface area contributed by atoms with Crippen LogP contribution in [0.1, 0.15) is 51.3 Å². The summed E-state index contributed by atoms with van der Waals surface area (Å²) < 4.78 is 8.02. The predicted molar refractivity (Wildman–Crippen MR) is 262 cm³/mol. The Bertz CT molecular complexity index is 3740. The minimum Gasteiger partial charge on any atom is -0.376 e. The second-order valence-electron chi connectivity index (χ2n) is 18.9. The first-order valence-electron chi connectivity index (χ1n) is 21.2. The third-order valence-electron chi connectivity index (χ3n) is 14.3. The van der Waals surface area contributed by atoms with Crippen molar-refractivity contribution in [2.45, 2.75) is 45.4 Å². The largest absolute Gasteiger partial charge is 0.376 e. The Labute approximate surface area is 357 Å². The van der Waals surface area contributed by atoms with Crippen LogP contribution in [-0.2, 0) is 10.8 Å². The first-order chi connectivity index (χ1) is 29.1. The van der Waals surface area contributed by atoms with Gasteiger partial charge in [-0.15, -0.1) is 22.7 Å². The van der Waals surface area contributed by atoms with Crippen molar-refractivity contribution in [2.24, 2.45) is 0 Å². The van der Waals surface area contributed by atoms with Crippen LogP contribution in [0.2, 0.25) is 0 Å². The van der Waals surface area contributed by atoms with Crippen molar-refractivity contribution < 1.29 is 0 Å². The van der Waals surface area contributed by atoms with Gasteiger partial charge in [0.15, 0.2) is 0 Å². The highest BCUT2D eigenvalue weighted by atomic mass is 32.1. The van der Waals surface area contributed by atoms with E-state index in [1.54, 1.807) is 0 Å². The van der Waals surface area contributed by atoms with Crippen molar-refractivity contribution in [1.29, 1.82) is 0 Å². The molecule has 0 spiro atoms. The summed E-state index contributed by atoms with van der Waals surface area (Å²) >= 11 is 3.83. The maximum Gasteiger partial charge on any atom is 0.333 e. The lowest BCUT2D eigenvalue weighted by Crippen LogP contribution is -2.60. The number of hydrogen-bond acceptors (Lipinski definition) is 3. The summed E-state index contributed by atoms with van der Waals surface area (Å²) in [6.07, 6.45) is 0. The average molecular weight is 803 g/mol. The molecule has 14 rings (SSSR count). The van der Waals surface area contributed by atoms with Gasteiger partial charge >= 0.3 is 6.85 Å². The fraction of sp³-hybridized carbons (Fsp3) is 0.127. The smallest absolute Gasteiger partial charge is 0.333 e. The topological polar surface area (TPSA) is 8.17 Å². The summed E-state index contributed by atoms with van der Waals surface area (Å²) in [6, 6.07) is 56.6. The van der Waals surface area contributed by atoms with Crippen LogP contribution in [0, 0.1) is 0 Å². The minimum absolute atomic E-state index is 0.0375. The monoisotopic (exact) mass is 802 g/mol. The van der Waals surface area contributed by atoms with E-state index in [2.05, 4.69) is 190 Å². The van der Waals surface area contributed by atoms with E-state index in [-0.39, 0.29) is 17.7 Å². The van der Waals surface area contributed by atoms with Gasteiger partial charge in [-0.1, -0.05) is 120 Å². The summed E-state index contributed by atoms with van der Waals surface area (Å²) in [7, 11) is 0. The minimum atomic E-state index is -0.0876. The SMILES string of the molecule is CC(C)(C)c1ccc(N2B3c4cc5sc6ccccc6c5cc4-n4c5cc6c(cc5c5ccc(c3c54)-c3cc4sc5ccccc5c4cc32)C(C)(C)c2ccccc2-6)cc1. The van der Waals surface area contributed by atoms with Crippen LogP contribution in [0.25, 0.3) is 90.1 Å². The zero-order valence-corrected chi connectivity index (χ0v) is 35.8. The maximum atomic E-state index is 2.70. The molecule has 2 aliphatic heterocycles. The summed E-state index contributed by atoms with van der Waals surface area (Å²) in [5.74, 6) is 0. The molecule has 5 heteroatoms. The maximum absolute atomic E-state index is 2.70. The number of benzene rings is 8. The van der Waals surface area contributed by atoms with Crippen LogP contribution in [0.4, 0.5) is 11.4 Å². The van der Waals surface area contributed by atoms with Crippen molar-refractivity contribution in [3.8, 4) is 27.9 Å². The first-order valence-corrected chi connectivity index (χ1v) is 22.8. The molecular formula is C55H39BN2S2. The van der Waals surface area contributed by atoms with Gasteiger partial charge in [-0.2, -0.15) is 0 Å². The second-order valence-corrected chi connectivity index (χ2v) is 21.1. The van der Waals surface area contributed by atoms with Crippen LogP contribution in [-0.4, -0.2) is 11.4 Å². The van der Waals surface area contributed by atoms with Crippen LogP contribution in [0.3, 0.4) is 0 Å². The quantitative estimate of drug-likeness (QED) is 0.150. The van der Waals surface area contributed by atoms with Gasteiger partial charge in [0.2, 0.25) is 0 Å². The number of anilines is 2. The molecule has 3 aromatic heterocycles. The van der Waals surface area contributed by atoms with Crippen molar-refractivity contribution in [3.05, 3.63) is 162 Å². The fourth-order valence-electron chi connectivity index (χ4n) is 11.4. The molecule has 2 nitrogen and oxygen atoms in total. The number of aromatic nitrogens is 1. The molecule has 0 saturated carbocycles. The van der Waals surface area contributed by atoms with E-state index in [0.717, 1.165) is 0 Å². The number of fused-ring (bicyclic) bond motifs is 17. The third kappa shape index (κ3) is 4.15. The highest BCUT2D eigenvalue weighted by Gasteiger charge is 2.45. The Hall–Kier alpha value is -6.14. The second kappa shape index (κ2) is 11.2. The zero-order chi connectivity index (χ0) is 40.0. The van der Waals surface area contributed by atoms with Crippen LogP contribution < -0.4 is 15.7 Å². The molecule has 0 atom stereocenters. The molecule has 284 valence electrons. The Morgan fingerprint density at radius 1 is 0.500 bits per heavy atom. The number of nitrogens with zero attached hydrogens (tertiary/aromatic N) is 2. The van der Waals surface area contributed by atoms with Crippen molar-refractivity contribution in [2.75, 3.05) is 4.81 Å². The summed E-state index contributed by atoms with van der Waals surface area (Å²) in [5.41, 5.74) is 18.7. The highest BCUT2D eigenvalue weighted by molar-refractivity contribution is 7.26. The van der Waals surface area contributed by atoms with Crippen molar-refractivity contribution in [3.63, 3.8) is 0 Å². The summed E-state index contributed by atoms with van der Waals surface area (Å²) in [6.45, 7) is 11.7. The van der Waals surface area contributed by atoms with E-state index in [9.17, 15) is 0 Å². The van der Waals surface area contributed by atoms with Crippen molar-refractivity contribution in [1.82, 2.24) is 4.57 Å². The molecule has 0 radical (unpaired) electrons. The molecule has 0 saturated heterocycles. The lowest BCUT2D eigenvalue weighted by atomic mass is 9.44. The van der Waals surface area contributed by atoms with E-state index in [1.165, 1.54) is 129 Å². The van der Waals surface area contributed by atoms with Gasteiger partial charge in [0.25, 0.3) is 0 Å². The average Bonchev–Trinajstić information content (AvgIpc) is 3.97. The molecule has 5 heterocycles. The molecular weight excluding hydrogens is 764 g/mol. The Kier molecular flexibility index (Phi) is 6.26. The van der Waals surface area contributed by atoms with Gasteiger partial charge in [0, 0.05) is 79.2 Å². The van der Waals surface area contributed by atoms with E-state index in [4.69, 9.17) is 0 Å². The van der Waals surface area contributed by atoms with Gasteiger partial charge in [-0.3, -0.25) is 0 Å². The summed E-state index contributed by atoms with van der Waals surface area (Å²) in [5, 5.41) is 8.00. The van der Waals surface area contributed by atoms with Gasteiger partial charge in [-0.25, -0.2) is 0 Å². The molecule has 0 bridgehead atoms. The first kappa shape index (κ1) is 33.7. The van der Waals surface area contributed by atoms with E-state index < -0.39 is 0 Å². The normalized spacial score (nSPS) is 14.8. The van der Waals surface area contributed by atoms with Gasteiger partial charge in [-0.05, 0) is 110 Å². The predicted octanol–water partition coefficient (Wildman–Crippen LogP) is 14.4. The standard InChI is InChI=1S/C55H39BN2S2/c1-54(2,3)30-18-20-31(21-19-30)58-46-26-40-33-13-7-10-16-48(33)59-50(40)28-39(46)35-22-23-36-38-24-43-37(32-12-6-9-15-42(32)55(43,4)5)25-45(38)57-47-27-41-34-14-8-11-17-49(34)60-51(41)29-44(47)56(58)52(35)53(36)57/h6-29H,1-5H3. The lowest BCUT2D eigenvalue weighted by Gasteiger charge is -2.42. The molecule has 1 aliphatic carbocycles. The fourth-order valence-corrected chi connectivity index (χ4v) is 13.7. The molecule has 0 N–H and O–H groups in total. The van der Waals surface area contributed by atoms with Crippen LogP contribution in [0.15, 0.2) is 146 Å². The Morgan fingerprint density at radius 3 is 1.90 bits per heavy atom.